The second-order valence-corrected chi connectivity index (χ2v) is 8.60. The van der Waals surface area contributed by atoms with E-state index >= 15 is 0 Å². The smallest absolute Gasteiger partial charge is 0.378 e. The van der Waals surface area contributed by atoms with Crippen molar-refractivity contribution in [1.82, 2.24) is 4.90 Å². The van der Waals surface area contributed by atoms with Crippen molar-refractivity contribution in [3.05, 3.63) is 59.2 Å². The average molecular weight is 518 g/mol. The predicted molar refractivity (Wildman–Crippen MR) is 118 cm³/mol. The Morgan fingerprint density at radius 1 is 1.00 bits per heavy atom. The monoisotopic (exact) mass is 518 g/mol. The molecule has 1 fully saturated rings. The minimum absolute atomic E-state index is 0.195. The highest BCUT2D eigenvalue weighted by Gasteiger charge is 2.46. The molecule has 1 aliphatic rings. The lowest BCUT2D eigenvalue weighted by atomic mass is 9.99. The number of nitrogens with one attached hydrogen (secondary N) is 1. The molecule has 5 nitrogen and oxygen atoms in total. The largest absolute Gasteiger partial charge is 0.418 e. The predicted octanol–water partition coefficient (Wildman–Crippen LogP) is 5.71. The molecule has 1 saturated heterocycles. The van der Waals surface area contributed by atoms with Gasteiger partial charge in [-0.1, -0.05) is 23.9 Å². The lowest BCUT2D eigenvalue weighted by Crippen LogP contribution is -2.39. The molecule has 12 heteroatoms. The highest BCUT2D eigenvalue weighted by molar-refractivity contribution is 7.99. The molecule has 0 spiro atoms. The summed E-state index contributed by atoms with van der Waals surface area (Å²) in [6, 6.07) is 7.57. The van der Waals surface area contributed by atoms with Crippen molar-refractivity contribution in [3.8, 4) is 0 Å². The fourth-order valence-corrected chi connectivity index (χ4v) is 4.47. The maximum Gasteiger partial charge on any atom is 0.418 e. The minimum atomic E-state index is -5.35. The Morgan fingerprint density at radius 3 is 2.26 bits per heavy atom. The molecule has 0 aromatic heterocycles. The average Bonchev–Trinajstić information content (AvgIpc) is 2.76. The van der Waals surface area contributed by atoms with Crippen LogP contribution in [0.5, 0.6) is 0 Å². The molecular formula is C23H20F6N2O3S. The van der Waals surface area contributed by atoms with Gasteiger partial charge in [0.15, 0.2) is 0 Å². The Labute approximate surface area is 201 Å². The quantitative estimate of drug-likeness (QED) is 0.407. The van der Waals surface area contributed by atoms with Gasteiger partial charge in [-0.15, -0.1) is 0 Å². The fourth-order valence-electron chi connectivity index (χ4n) is 3.43. The Balaban J connectivity index is 2.04. The van der Waals surface area contributed by atoms with E-state index in [0.29, 0.717) is 11.8 Å². The van der Waals surface area contributed by atoms with E-state index in [4.69, 9.17) is 4.74 Å². The van der Waals surface area contributed by atoms with Gasteiger partial charge in [-0.05, 0) is 35.9 Å². The maximum absolute atomic E-state index is 14.0. The van der Waals surface area contributed by atoms with E-state index in [1.54, 1.807) is 0 Å². The van der Waals surface area contributed by atoms with Crippen LogP contribution in [0.1, 0.15) is 23.6 Å². The van der Waals surface area contributed by atoms with E-state index in [0.717, 1.165) is 24.3 Å². The summed E-state index contributed by atoms with van der Waals surface area (Å²) in [5.41, 5.74) is -4.21. The van der Waals surface area contributed by atoms with Crippen LogP contribution in [0.4, 0.5) is 32.0 Å². The second-order valence-electron chi connectivity index (χ2n) is 7.48. The molecule has 35 heavy (non-hydrogen) atoms. The van der Waals surface area contributed by atoms with E-state index in [1.165, 1.54) is 36.1 Å². The van der Waals surface area contributed by atoms with Gasteiger partial charge in [0, 0.05) is 41.6 Å². The molecule has 3 rings (SSSR count). The van der Waals surface area contributed by atoms with Gasteiger partial charge >= 0.3 is 12.4 Å². The van der Waals surface area contributed by atoms with Crippen molar-refractivity contribution in [2.75, 3.05) is 31.6 Å². The Morgan fingerprint density at radius 2 is 1.66 bits per heavy atom. The van der Waals surface area contributed by atoms with Gasteiger partial charge < -0.3 is 15.0 Å². The van der Waals surface area contributed by atoms with Crippen molar-refractivity contribution in [2.24, 2.45) is 0 Å². The molecule has 0 unspecified atom stereocenters. The molecule has 2 amide bonds. The van der Waals surface area contributed by atoms with Gasteiger partial charge in [-0.25, -0.2) is 0 Å². The molecule has 1 heterocycles. The van der Waals surface area contributed by atoms with E-state index < -0.39 is 45.8 Å². The number of ether oxygens (including phenoxy) is 1. The molecule has 0 atom stereocenters. The van der Waals surface area contributed by atoms with Crippen molar-refractivity contribution in [3.63, 3.8) is 0 Å². The Hall–Kier alpha value is -2.99. The van der Waals surface area contributed by atoms with Gasteiger partial charge in [-0.2, -0.15) is 26.3 Å². The van der Waals surface area contributed by atoms with E-state index in [1.807, 2.05) is 0 Å². The summed E-state index contributed by atoms with van der Waals surface area (Å²) in [6.45, 7) is 2.24. The van der Waals surface area contributed by atoms with Gasteiger partial charge in [0.2, 0.25) is 11.8 Å². The van der Waals surface area contributed by atoms with Crippen molar-refractivity contribution < 1.29 is 40.7 Å². The lowest BCUT2D eigenvalue weighted by Gasteiger charge is -2.25. The Bertz CT molecular complexity index is 1130. The third kappa shape index (κ3) is 7.01. The number of hydrogen-bond acceptors (Lipinski definition) is 4. The summed E-state index contributed by atoms with van der Waals surface area (Å²) in [7, 11) is 0. The third-order valence-electron chi connectivity index (χ3n) is 4.88. The highest BCUT2D eigenvalue weighted by atomic mass is 32.2. The van der Waals surface area contributed by atoms with Crippen LogP contribution >= 0.6 is 11.8 Å². The molecule has 1 aliphatic heterocycles. The van der Waals surface area contributed by atoms with Gasteiger partial charge in [0.05, 0.1) is 24.3 Å². The normalized spacial score (nSPS) is 14.9. The summed E-state index contributed by atoms with van der Waals surface area (Å²) < 4.78 is 88.9. The van der Waals surface area contributed by atoms with Gasteiger partial charge in [0.25, 0.3) is 0 Å². The van der Waals surface area contributed by atoms with Crippen molar-refractivity contribution in [1.29, 1.82) is 0 Å². The number of benzene rings is 2. The van der Waals surface area contributed by atoms with E-state index in [9.17, 15) is 35.9 Å². The van der Waals surface area contributed by atoms with Gasteiger partial charge in [0.1, 0.15) is 0 Å². The molecule has 0 saturated carbocycles. The Kier molecular flexibility index (Phi) is 8.16. The van der Waals surface area contributed by atoms with Crippen LogP contribution < -0.4 is 5.32 Å². The van der Waals surface area contributed by atoms with Crippen molar-refractivity contribution in [2.45, 2.75) is 29.1 Å². The number of rotatable bonds is 5. The first-order valence-corrected chi connectivity index (χ1v) is 11.1. The zero-order valence-corrected chi connectivity index (χ0v) is 19.1. The number of carbonyl (C=O) groups excluding carboxylic acids is 2. The SMILES string of the molecule is CC(=O)Nc1cccc(Sc2ccc(C=CC(=O)N3CCOCC3)c(C(F)(F)F)c2C(F)(F)F)c1. The zero-order valence-electron chi connectivity index (χ0n) is 18.3. The number of nitrogens with zero attached hydrogens (tertiary/aromatic N) is 1. The van der Waals surface area contributed by atoms with Crippen LogP contribution in [0.25, 0.3) is 6.08 Å². The minimum Gasteiger partial charge on any atom is -0.378 e. The molecule has 0 aliphatic carbocycles. The molecule has 1 N–H and O–H groups in total. The van der Waals surface area contributed by atoms with Crippen molar-refractivity contribution >= 4 is 35.3 Å². The van der Waals surface area contributed by atoms with Crippen LogP contribution in [-0.2, 0) is 26.7 Å². The maximum atomic E-state index is 14.0. The van der Waals surface area contributed by atoms with E-state index in [2.05, 4.69) is 5.32 Å². The number of amides is 2. The van der Waals surface area contributed by atoms with Crippen LogP contribution in [-0.4, -0.2) is 43.0 Å². The highest BCUT2D eigenvalue weighted by Crippen LogP contribution is 2.48. The van der Waals surface area contributed by atoms with Crippen LogP contribution in [0, 0.1) is 0 Å². The molecule has 2 aromatic carbocycles. The molecular weight excluding hydrogens is 498 g/mol. The molecule has 2 aromatic rings. The lowest BCUT2D eigenvalue weighted by molar-refractivity contribution is -0.163. The third-order valence-corrected chi connectivity index (χ3v) is 5.93. The standard InChI is InChI=1S/C23H20F6N2O3S/c1-14(32)30-16-3-2-4-17(13-16)35-18-7-5-15(6-8-19(33)31-9-11-34-12-10-31)20(22(24,25)26)21(18)23(27,28)29/h2-8,13H,9-12H2,1H3,(H,30,32). The summed E-state index contributed by atoms with van der Waals surface area (Å²) in [4.78, 5) is 24.4. The first-order chi connectivity index (χ1) is 16.4. The van der Waals surface area contributed by atoms with Crippen LogP contribution in [0.15, 0.2) is 52.3 Å². The summed E-state index contributed by atoms with van der Waals surface area (Å²) >= 11 is 0.484. The van der Waals surface area contributed by atoms with Crippen LogP contribution in [0.3, 0.4) is 0 Å². The topological polar surface area (TPSA) is 58.6 Å². The van der Waals surface area contributed by atoms with Gasteiger partial charge in [-0.3, -0.25) is 9.59 Å². The molecule has 0 bridgehead atoms. The first-order valence-electron chi connectivity index (χ1n) is 10.3. The number of hydrogen-bond donors (Lipinski definition) is 1. The molecule has 188 valence electrons. The molecule has 0 radical (unpaired) electrons. The zero-order chi connectivity index (χ0) is 25.8. The summed E-state index contributed by atoms with van der Waals surface area (Å²) in [5, 5.41) is 2.47. The number of anilines is 1. The first kappa shape index (κ1) is 26.6. The summed E-state index contributed by atoms with van der Waals surface area (Å²) in [5.74, 6) is -1.03. The summed E-state index contributed by atoms with van der Waals surface area (Å²) in [6.07, 6.45) is -9.09. The van der Waals surface area contributed by atoms with E-state index in [-0.39, 0.29) is 36.9 Å². The second kappa shape index (κ2) is 10.7. The number of halogens is 6. The fraction of sp³-hybridized carbons (Fsp3) is 0.304. The number of carbonyl (C=O) groups is 2. The van der Waals surface area contributed by atoms with Crippen LogP contribution in [0.2, 0.25) is 0 Å². The number of morpholine rings is 1. The number of alkyl halides is 6.